The van der Waals surface area contributed by atoms with E-state index in [-0.39, 0.29) is 10.7 Å². The van der Waals surface area contributed by atoms with Crippen molar-refractivity contribution in [3.63, 3.8) is 0 Å². The van der Waals surface area contributed by atoms with Gasteiger partial charge in [0.15, 0.2) is 5.82 Å². The molecular formula is C20H22N4O3S. The van der Waals surface area contributed by atoms with Crippen LogP contribution in [0.15, 0.2) is 59.5 Å². The minimum atomic E-state index is -3.76. The Hall–Kier alpha value is -3.13. The number of benzene rings is 2. The van der Waals surface area contributed by atoms with Crippen LogP contribution in [0.3, 0.4) is 0 Å². The van der Waals surface area contributed by atoms with E-state index in [1.807, 2.05) is 31.2 Å². The monoisotopic (exact) mass is 398 g/mol. The molecule has 0 fully saturated rings. The Balaban J connectivity index is 1.66. The summed E-state index contributed by atoms with van der Waals surface area (Å²) in [6, 6.07) is 16.1. The zero-order valence-electron chi connectivity index (χ0n) is 15.9. The molecule has 0 aliphatic carbocycles. The summed E-state index contributed by atoms with van der Waals surface area (Å²) in [7, 11) is -2.22. The molecule has 3 rings (SSSR count). The molecule has 7 nitrogen and oxygen atoms in total. The van der Waals surface area contributed by atoms with E-state index in [1.165, 1.54) is 11.6 Å². The summed E-state index contributed by atoms with van der Waals surface area (Å²) in [5.41, 5.74) is 3.05. The van der Waals surface area contributed by atoms with Gasteiger partial charge >= 0.3 is 0 Å². The molecule has 0 aliphatic rings. The van der Waals surface area contributed by atoms with Gasteiger partial charge in [0.1, 0.15) is 11.6 Å². The fraction of sp³-hybridized carbons (Fsp3) is 0.200. The third kappa shape index (κ3) is 4.77. The molecule has 1 aromatic heterocycles. The molecule has 1 heterocycles. The second kappa shape index (κ2) is 8.26. The zero-order valence-corrected chi connectivity index (χ0v) is 16.7. The number of aryl methyl sites for hydroxylation is 2. The van der Waals surface area contributed by atoms with Gasteiger partial charge in [0.2, 0.25) is 0 Å². The molecule has 2 N–H and O–H groups in total. The van der Waals surface area contributed by atoms with E-state index in [2.05, 4.69) is 20.2 Å². The number of aromatic nitrogens is 2. The number of rotatable bonds is 7. The third-order valence-corrected chi connectivity index (χ3v) is 5.53. The van der Waals surface area contributed by atoms with Crippen molar-refractivity contribution >= 4 is 21.7 Å². The van der Waals surface area contributed by atoms with Crippen LogP contribution < -0.4 is 14.8 Å². The standard InChI is InChI=1S/C20H22N4O3S/c1-14-4-6-16(7-5-14)13-21-19-10-11-20(23-22-19)24-28(25,26)17-8-9-18(27-3)15(2)12-17/h4-12H,13H2,1-3H3,(H,21,22)(H,23,24). The summed E-state index contributed by atoms with van der Waals surface area (Å²) in [4.78, 5) is 0.133. The normalized spacial score (nSPS) is 11.1. The molecule has 28 heavy (non-hydrogen) atoms. The topological polar surface area (TPSA) is 93.2 Å². The second-order valence-corrected chi connectivity index (χ2v) is 8.06. The van der Waals surface area contributed by atoms with Gasteiger partial charge in [0.05, 0.1) is 12.0 Å². The molecule has 0 saturated heterocycles. The lowest BCUT2D eigenvalue weighted by Gasteiger charge is -2.10. The quantitative estimate of drug-likeness (QED) is 0.633. The average Bonchev–Trinajstić information content (AvgIpc) is 2.68. The summed E-state index contributed by atoms with van der Waals surface area (Å²) >= 11 is 0. The summed E-state index contributed by atoms with van der Waals surface area (Å²) in [6.07, 6.45) is 0. The van der Waals surface area contributed by atoms with Crippen molar-refractivity contribution in [2.24, 2.45) is 0 Å². The number of sulfonamides is 1. The van der Waals surface area contributed by atoms with Gasteiger partial charge in [-0.1, -0.05) is 29.8 Å². The molecule has 146 valence electrons. The van der Waals surface area contributed by atoms with Crippen LogP contribution in [0.1, 0.15) is 16.7 Å². The first-order chi connectivity index (χ1) is 13.4. The third-order valence-electron chi connectivity index (χ3n) is 4.17. The van der Waals surface area contributed by atoms with Gasteiger partial charge in [-0.25, -0.2) is 8.42 Å². The van der Waals surface area contributed by atoms with Gasteiger partial charge < -0.3 is 10.1 Å². The van der Waals surface area contributed by atoms with Gasteiger partial charge in [0, 0.05) is 6.54 Å². The summed E-state index contributed by atoms with van der Waals surface area (Å²) in [5.74, 6) is 1.33. The number of ether oxygens (including phenoxy) is 1. The number of nitrogens with zero attached hydrogens (tertiary/aromatic N) is 2. The van der Waals surface area contributed by atoms with Crippen molar-refractivity contribution in [3.8, 4) is 5.75 Å². The number of methoxy groups -OCH3 is 1. The fourth-order valence-electron chi connectivity index (χ4n) is 2.59. The molecule has 0 atom stereocenters. The Labute approximate surface area is 164 Å². The van der Waals surface area contributed by atoms with E-state index >= 15 is 0 Å². The first kappa shape index (κ1) is 19.6. The van der Waals surface area contributed by atoms with Gasteiger partial charge in [-0.15, -0.1) is 10.2 Å². The van der Waals surface area contributed by atoms with Crippen LogP contribution in [0.2, 0.25) is 0 Å². The maximum atomic E-state index is 12.5. The van der Waals surface area contributed by atoms with Crippen LogP contribution in [-0.4, -0.2) is 25.7 Å². The Bertz CT molecular complexity index is 1050. The predicted octanol–water partition coefficient (Wildman–Crippen LogP) is 3.51. The molecule has 8 heteroatoms. The number of hydrogen-bond acceptors (Lipinski definition) is 6. The van der Waals surface area contributed by atoms with E-state index in [9.17, 15) is 8.42 Å². The second-order valence-electron chi connectivity index (χ2n) is 6.38. The highest BCUT2D eigenvalue weighted by atomic mass is 32.2. The smallest absolute Gasteiger partial charge is 0.263 e. The van der Waals surface area contributed by atoms with Crippen molar-refractivity contribution in [1.29, 1.82) is 0 Å². The molecule has 0 aliphatic heterocycles. The highest BCUT2D eigenvalue weighted by molar-refractivity contribution is 7.92. The Morgan fingerprint density at radius 3 is 2.21 bits per heavy atom. The molecule has 0 radical (unpaired) electrons. The molecule has 0 saturated carbocycles. The fourth-order valence-corrected chi connectivity index (χ4v) is 3.68. The van der Waals surface area contributed by atoms with Crippen molar-refractivity contribution in [1.82, 2.24) is 10.2 Å². The average molecular weight is 398 g/mol. The van der Waals surface area contributed by atoms with Crippen molar-refractivity contribution in [2.75, 3.05) is 17.1 Å². The Morgan fingerprint density at radius 1 is 0.929 bits per heavy atom. The predicted molar refractivity (Wildman–Crippen MR) is 109 cm³/mol. The molecule has 2 aromatic carbocycles. The number of nitrogens with one attached hydrogen (secondary N) is 2. The van der Waals surface area contributed by atoms with E-state index < -0.39 is 10.0 Å². The number of hydrogen-bond donors (Lipinski definition) is 2. The van der Waals surface area contributed by atoms with Crippen molar-refractivity contribution < 1.29 is 13.2 Å². The van der Waals surface area contributed by atoms with Gasteiger partial charge in [-0.2, -0.15) is 0 Å². The maximum Gasteiger partial charge on any atom is 0.263 e. The molecule has 0 spiro atoms. The largest absolute Gasteiger partial charge is 0.496 e. The summed E-state index contributed by atoms with van der Waals surface area (Å²) in [6.45, 7) is 4.42. The highest BCUT2D eigenvalue weighted by Gasteiger charge is 2.16. The molecular weight excluding hydrogens is 376 g/mol. The number of anilines is 2. The van der Waals surface area contributed by atoms with Gasteiger partial charge in [-0.05, 0) is 55.3 Å². The highest BCUT2D eigenvalue weighted by Crippen LogP contribution is 2.22. The minimum Gasteiger partial charge on any atom is -0.496 e. The van der Waals surface area contributed by atoms with E-state index in [0.29, 0.717) is 18.1 Å². The molecule has 0 amide bonds. The minimum absolute atomic E-state index is 0.133. The van der Waals surface area contributed by atoms with Crippen LogP contribution >= 0.6 is 0 Å². The van der Waals surface area contributed by atoms with Crippen LogP contribution in [0.5, 0.6) is 5.75 Å². The maximum absolute atomic E-state index is 12.5. The first-order valence-electron chi connectivity index (χ1n) is 8.68. The van der Waals surface area contributed by atoms with E-state index in [4.69, 9.17) is 4.74 Å². The van der Waals surface area contributed by atoms with Gasteiger partial charge in [-0.3, -0.25) is 4.72 Å². The molecule has 3 aromatic rings. The van der Waals surface area contributed by atoms with Crippen LogP contribution in [0, 0.1) is 13.8 Å². The van der Waals surface area contributed by atoms with Crippen LogP contribution in [-0.2, 0) is 16.6 Å². The van der Waals surface area contributed by atoms with Crippen molar-refractivity contribution in [3.05, 3.63) is 71.3 Å². The van der Waals surface area contributed by atoms with Crippen molar-refractivity contribution in [2.45, 2.75) is 25.3 Å². The first-order valence-corrected chi connectivity index (χ1v) is 10.2. The SMILES string of the molecule is COc1ccc(S(=O)(=O)Nc2ccc(NCc3ccc(C)cc3)nn2)cc1C. The van der Waals surface area contributed by atoms with E-state index in [1.54, 1.807) is 38.3 Å². The summed E-state index contributed by atoms with van der Waals surface area (Å²) < 4.78 is 32.7. The molecule has 0 bridgehead atoms. The lowest BCUT2D eigenvalue weighted by Crippen LogP contribution is -2.15. The lowest BCUT2D eigenvalue weighted by molar-refractivity contribution is 0.411. The van der Waals surface area contributed by atoms with Gasteiger partial charge in [0.25, 0.3) is 10.0 Å². The van der Waals surface area contributed by atoms with E-state index in [0.717, 1.165) is 11.1 Å². The molecule has 0 unspecified atom stereocenters. The Kier molecular flexibility index (Phi) is 5.79. The summed E-state index contributed by atoms with van der Waals surface area (Å²) in [5, 5.41) is 11.1. The lowest BCUT2D eigenvalue weighted by atomic mass is 10.1. The Morgan fingerprint density at radius 2 is 1.61 bits per heavy atom. The van der Waals surface area contributed by atoms with Crippen LogP contribution in [0.4, 0.5) is 11.6 Å². The van der Waals surface area contributed by atoms with Crippen LogP contribution in [0.25, 0.3) is 0 Å². The zero-order chi connectivity index (χ0) is 20.1.